The number of fused-ring (bicyclic) bond motifs is 2. The van der Waals surface area contributed by atoms with Gasteiger partial charge >= 0.3 is 29.6 Å². The average Bonchev–Trinajstić information content (AvgIpc) is 3.04. The van der Waals surface area contributed by atoms with Crippen molar-refractivity contribution in [1.29, 1.82) is 0 Å². The molecule has 6 aromatic rings. The summed E-state index contributed by atoms with van der Waals surface area (Å²) in [4.78, 5) is 21.6. The van der Waals surface area contributed by atoms with Gasteiger partial charge in [0.15, 0.2) is 0 Å². The van der Waals surface area contributed by atoms with E-state index in [1.807, 2.05) is 121 Å². The van der Waals surface area contributed by atoms with Crippen molar-refractivity contribution in [1.82, 2.24) is 9.97 Å². The van der Waals surface area contributed by atoms with Crippen LogP contribution >= 0.6 is 0 Å². The van der Waals surface area contributed by atoms with Gasteiger partial charge in [-0.05, 0) is 59.7 Å². The van der Waals surface area contributed by atoms with Crippen molar-refractivity contribution in [2.24, 2.45) is 5.41 Å². The van der Waals surface area contributed by atoms with E-state index in [0.29, 0.717) is 24.7 Å². The number of hydrogen-bond acceptors (Lipinski definition) is 6. The van der Waals surface area contributed by atoms with E-state index < -0.39 is 17.3 Å². The molecule has 4 aromatic carbocycles. The summed E-state index contributed by atoms with van der Waals surface area (Å²) in [5.41, 5.74) is 4.03. The molecule has 0 aliphatic heterocycles. The van der Waals surface area contributed by atoms with Gasteiger partial charge < -0.3 is 19.4 Å². The molecule has 0 amide bonds. The molecule has 7 heteroatoms. The van der Waals surface area contributed by atoms with Crippen molar-refractivity contribution in [3.63, 3.8) is 0 Å². The van der Waals surface area contributed by atoms with Crippen LogP contribution in [0.25, 0.3) is 21.8 Å². The van der Waals surface area contributed by atoms with Crippen molar-refractivity contribution >= 4 is 27.8 Å². The Balaban J connectivity index is 0.00000384. The second kappa shape index (κ2) is 13.6. The van der Waals surface area contributed by atoms with E-state index in [1.54, 1.807) is 13.8 Å². The van der Waals surface area contributed by atoms with E-state index in [4.69, 9.17) is 9.47 Å². The van der Waals surface area contributed by atoms with Gasteiger partial charge in [-0.2, -0.15) is 0 Å². The number of para-hydroxylation sites is 2. The van der Waals surface area contributed by atoms with Crippen molar-refractivity contribution in [3.8, 4) is 11.5 Å². The van der Waals surface area contributed by atoms with Gasteiger partial charge in [0.25, 0.3) is 0 Å². The summed E-state index contributed by atoms with van der Waals surface area (Å²) < 4.78 is 12.0. The standard InChI is InChI=1S/C37H32N2O4.Na/c1-37(2,36(40)41)35(27-13-19-31(20-14-27)42-23-29-17-11-25-7-3-5-9-33(25)38-29)28-15-21-32(22-16-28)43-24-30-18-12-26-8-4-6-10-34(26)39-30;/h3-22,35H,23-24H2,1-2H3,(H,40,41);/q;+1/p-1. The maximum Gasteiger partial charge on any atom is 1.00 e. The number of hydrogen-bond donors (Lipinski definition) is 0. The van der Waals surface area contributed by atoms with E-state index in [-0.39, 0.29) is 29.6 Å². The van der Waals surface area contributed by atoms with Crippen LogP contribution in [0.15, 0.2) is 121 Å². The Morgan fingerprint density at radius 3 is 1.45 bits per heavy atom. The van der Waals surface area contributed by atoms with Crippen molar-refractivity contribution in [2.45, 2.75) is 33.0 Å². The molecule has 0 aliphatic carbocycles. The van der Waals surface area contributed by atoms with Gasteiger partial charge in [-0.15, -0.1) is 0 Å². The van der Waals surface area contributed by atoms with Crippen LogP contribution in [0.3, 0.4) is 0 Å². The van der Waals surface area contributed by atoms with Crippen LogP contribution in [-0.4, -0.2) is 15.9 Å². The molecule has 0 N–H and O–H groups in total. The van der Waals surface area contributed by atoms with Crippen LogP contribution in [0, 0.1) is 5.41 Å². The summed E-state index contributed by atoms with van der Waals surface area (Å²) in [6.45, 7) is 4.04. The summed E-state index contributed by atoms with van der Waals surface area (Å²) in [5.74, 6) is -0.225. The largest absolute Gasteiger partial charge is 1.00 e. The van der Waals surface area contributed by atoms with Crippen LogP contribution in [-0.2, 0) is 18.0 Å². The predicted octanol–water partition coefficient (Wildman–Crippen LogP) is 3.85. The molecule has 2 heterocycles. The minimum Gasteiger partial charge on any atom is -0.550 e. The molecule has 0 unspecified atom stereocenters. The maximum absolute atomic E-state index is 12.3. The first-order valence-corrected chi connectivity index (χ1v) is 14.2. The molecule has 0 saturated carbocycles. The first kappa shape index (κ1) is 31.2. The van der Waals surface area contributed by atoms with Gasteiger partial charge in [0.2, 0.25) is 0 Å². The third kappa shape index (κ3) is 6.94. The molecule has 6 rings (SSSR count). The van der Waals surface area contributed by atoms with Gasteiger partial charge in [0.1, 0.15) is 24.7 Å². The van der Waals surface area contributed by atoms with Crippen LogP contribution in [0.1, 0.15) is 42.3 Å². The Kier molecular flexibility index (Phi) is 9.64. The molecule has 0 saturated heterocycles. The summed E-state index contributed by atoms with van der Waals surface area (Å²) in [7, 11) is 0. The number of rotatable bonds is 10. The zero-order valence-electron chi connectivity index (χ0n) is 25.1. The minimum atomic E-state index is -1.17. The SMILES string of the molecule is CC(C)(C(=O)[O-])C(c1ccc(OCc2ccc3ccccc3n2)cc1)c1ccc(OCc2ccc3ccccc3n2)cc1.[Na+]. The molecule has 6 nitrogen and oxygen atoms in total. The molecule has 0 aliphatic rings. The first-order valence-electron chi connectivity index (χ1n) is 14.2. The van der Waals surface area contributed by atoms with E-state index in [2.05, 4.69) is 9.97 Å². The quantitative estimate of drug-likeness (QED) is 0.226. The third-order valence-corrected chi connectivity index (χ3v) is 7.76. The van der Waals surface area contributed by atoms with Crippen molar-refractivity contribution < 1.29 is 48.9 Å². The minimum absolute atomic E-state index is 0. The molecule has 0 bridgehead atoms. The Morgan fingerprint density at radius 1 is 0.636 bits per heavy atom. The van der Waals surface area contributed by atoms with Crippen LogP contribution < -0.4 is 44.1 Å². The average molecular weight is 591 g/mol. The molecular weight excluding hydrogens is 559 g/mol. The topological polar surface area (TPSA) is 84.4 Å². The summed E-state index contributed by atoms with van der Waals surface area (Å²) in [5, 5.41) is 14.4. The maximum atomic E-state index is 12.3. The Labute approximate surface area is 279 Å². The van der Waals surface area contributed by atoms with Gasteiger partial charge in [0.05, 0.1) is 22.4 Å². The fraction of sp³-hybridized carbons (Fsp3) is 0.162. The number of carbonyl (C=O) groups is 1. The number of ether oxygens (including phenoxy) is 2. The molecule has 2 aromatic heterocycles. The molecule has 0 atom stereocenters. The summed E-state index contributed by atoms with van der Waals surface area (Å²) >= 11 is 0. The van der Waals surface area contributed by atoms with Crippen molar-refractivity contribution in [3.05, 3.63) is 144 Å². The van der Waals surface area contributed by atoms with E-state index >= 15 is 0 Å². The zero-order valence-corrected chi connectivity index (χ0v) is 27.1. The monoisotopic (exact) mass is 590 g/mol. The normalized spacial score (nSPS) is 11.3. The molecule has 0 fully saturated rings. The number of carbonyl (C=O) groups excluding carboxylic acids is 1. The Bertz CT molecular complexity index is 1760. The van der Waals surface area contributed by atoms with Gasteiger partial charge in [-0.1, -0.05) is 86.6 Å². The molecule has 44 heavy (non-hydrogen) atoms. The number of nitrogens with zero attached hydrogens (tertiary/aromatic N) is 2. The van der Waals surface area contributed by atoms with E-state index in [0.717, 1.165) is 44.3 Å². The first-order chi connectivity index (χ1) is 20.9. The number of benzene rings is 4. The molecule has 214 valence electrons. The Morgan fingerprint density at radius 2 is 1.05 bits per heavy atom. The molecular formula is C37H31N2NaO4. The number of aromatic nitrogens is 2. The van der Waals surface area contributed by atoms with Crippen LogP contribution in [0.2, 0.25) is 0 Å². The second-order valence-electron chi connectivity index (χ2n) is 11.1. The van der Waals surface area contributed by atoms with Gasteiger partial charge in [-0.25, -0.2) is 9.97 Å². The number of carboxylic acids is 1. The fourth-order valence-electron chi connectivity index (χ4n) is 5.35. The second-order valence-corrected chi connectivity index (χ2v) is 11.1. The van der Waals surface area contributed by atoms with Gasteiger partial charge in [0, 0.05) is 28.1 Å². The number of carboxylic acid groups (broad SMARTS) is 1. The zero-order chi connectivity index (χ0) is 29.8. The fourth-order valence-corrected chi connectivity index (χ4v) is 5.35. The van der Waals surface area contributed by atoms with E-state index in [1.165, 1.54) is 0 Å². The van der Waals surface area contributed by atoms with E-state index in [9.17, 15) is 9.90 Å². The summed E-state index contributed by atoms with van der Waals surface area (Å²) in [6.07, 6.45) is 0. The Hall–Kier alpha value is -4.23. The van der Waals surface area contributed by atoms with Gasteiger partial charge in [-0.3, -0.25) is 0 Å². The van der Waals surface area contributed by atoms with Crippen molar-refractivity contribution in [2.75, 3.05) is 0 Å². The van der Waals surface area contributed by atoms with Crippen LogP contribution in [0.5, 0.6) is 11.5 Å². The predicted molar refractivity (Wildman–Crippen MR) is 166 cm³/mol. The van der Waals surface area contributed by atoms with Crippen LogP contribution in [0.4, 0.5) is 0 Å². The molecule has 0 radical (unpaired) electrons. The third-order valence-electron chi connectivity index (χ3n) is 7.76. The molecule has 0 spiro atoms. The summed E-state index contributed by atoms with van der Waals surface area (Å²) in [6, 6.07) is 39.0. The smallest absolute Gasteiger partial charge is 0.550 e. The number of aliphatic carboxylic acids is 1. The number of pyridine rings is 2.